The minimum Gasteiger partial charge on any atom is -0.346 e. The molecule has 1 saturated heterocycles. The first-order valence-corrected chi connectivity index (χ1v) is 4.62. The Balaban J connectivity index is 2.25. The Morgan fingerprint density at radius 2 is 2.36 bits per heavy atom. The van der Waals surface area contributed by atoms with Crippen molar-refractivity contribution in [1.82, 2.24) is 20.1 Å². The topological polar surface area (TPSA) is 62.7 Å². The van der Waals surface area contributed by atoms with E-state index in [1.807, 2.05) is 4.68 Å². The van der Waals surface area contributed by atoms with E-state index in [-0.39, 0.29) is 5.43 Å². The highest BCUT2D eigenvalue weighted by Gasteiger charge is 2.21. The maximum atomic E-state index is 11.4. The number of hydrogen-bond acceptors (Lipinski definition) is 3. The normalized spacial score (nSPS) is 17.1. The van der Waals surface area contributed by atoms with E-state index < -0.39 is 0 Å². The maximum absolute atomic E-state index is 11.4. The minimum absolute atomic E-state index is 0.0253. The molecule has 2 N–H and O–H groups in total. The van der Waals surface area contributed by atoms with Gasteiger partial charge >= 0.3 is 0 Å². The number of nitrogens with zero attached hydrogens (tertiary/aromatic N) is 2. The molecule has 72 valence electrons. The lowest BCUT2D eigenvalue weighted by Gasteiger charge is -2.27. The summed E-state index contributed by atoms with van der Waals surface area (Å²) < 4.78 is 1.88. The SMILES string of the molecule is O=c1cc[nH]c2c1cnn2C1CNC1. The maximum Gasteiger partial charge on any atom is 0.192 e. The number of aromatic nitrogens is 3. The van der Waals surface area contributed by atoms with Gasteiger partial charge in [-0.2, -0.15) is 5.10 Å². The lowest BCUT2D eigenvalue weighted by atomic mass is 10.2. The van der Waals surface area contributed by atoms with E-state index in [1.54, 1.807) is 12.4 Å². The first kappa shape index (κ1) is 7.75. The van der Waals surface area contributed by atoms with Gasteiger partial charge < -0.3 is 10.3 Å². The zero-order valence-electron chi connectivity index (χ0n) is 7.53. The molecule has 0 atom stereocenters. The largest absolute Gasteiger partial charge is 0.346 e. The second-order valence-corrected chi connectivity index (χ2v) is 3.51. The van der Waals surface area contributed by atoms with Crippen LogP contribution in [0.5, 0.6) is 0 Å². The van der Waals surface area contributed by atoms with Crippen LogP contribution in [0, 0.1) is 0 Å². The van der Waals surface area contributed by atoms with Crippen LogP contribution in [-0.4, -0.2) is 27.9 Å². The molecule has 2 aromatic heterocycles. The van der Waals surface area contributed by atoms with Crippen molar-refractivity contribution in [2.45, 2.75) is 6.04 Å². The van der Waals surface area contributed by atoms with E-state index in [0.29, 0.717) is 11.4 Å². The van der Waals surface area contributed by atoms with Crippen molar-refractivity contribution in [3.63, 3.8) is 0 Å². The fourth-order valence-electron chi connectivity index (χ4n) is 1.70. The second kappa shape index (κ2) is 2.68. The molecule has 1 aliphatic rings. The van der Waals surface area contributed by atoms with Gasteiger partial charge in [-0.1, -0.05) is 0 Å². The lowest BCUT2D eigenvalue weighted by molar-refractivity contribution is 0.325. The molecule has 2 aromatic rings. The minimum atomic E-state index is 0.0253. The molecule has 1 fully saturated rings. The van der Waals surface area contributed by atoms with Gasteiger partial charge in [0.2, 0.25) is 0 Å². The Morgan fingerprint density at radius 1 is 1.50 bits per heavy atom. The number of pyridine rings is 1. The summed E-state index contributed by atoms with van der Waals surface area (Å²) in [6.07, 6.45) is 3.29. The van der Waals surface area contributed by atoms with Gasteiger partial charge in [-0.3, -0.25) is 4.79 Å². The van der Waals surface area contributed by atoms with Crippen LogP contribution >= 0.6 is 0 Å². The summed E-state index contributed by atoms with van der Waals surface area (Å²) in [7, 11) is 0. The molecular weight excluding hydrogens is 180 g/mol. The van der Waals surface area contributed by atoms with Gasteiger partial charge in [0.15, 0.2) is 5.43 Å². The molecule has 3 heterocycles. The molecule has 0 aromatic carbocycles. The summed E-state index contributed by atoms with van der Waals surface area (Å²) in [6, 6.07) is 1.90. The Kier molecular flexibility index (Phi) is 1.49. The number of aromatic amines is 1. The molecule has 3 rings (SSSR count). The first-order valence-electron chi connectivity index (χ1n) is 4.62. The zero-order chi connectivity index (χ0) is 9.54. The summed E-state index contributed by atoms with van der Waals surface area (Å²) in [5, 5.41) is 8.07. The van der Waals surface area contributed by atoms with Crippen LogP contribution in [-0.2, 0) is 0 Å². The van der Waals surface area contributed by atoms with Crippen molar-refractivity contribution in [3.8, 4) is 0 Å². The van der Waals surface area contributed by atoms with Crippen molar-refractivity contribution < 1.29 is 0 Å². The number of fused-ring (bicyclic) bond motifs is 1. The van der Waals surface area contributed by atoms with Gasteiger partial charge in [0.05, 0.1) is 17.6 Å². The summed E-state index contributed by atoms with van der Waals surface area (Å²) in [5.74, 6) is 0. The average Bonchev–Trinajstić information content (AvgIpc) is 2.48. The molecular formula is C9H10N4O. The molecule has 0 spiro atoms. The fourth-order valence-corrected chi connectivity index (χ4v) is 1.70. The Labute approximate surface area is 79.7 Å². The average molecular weight is 190 g/mol. The number of rotatable bonds is 1. The highest BCUT2D eigenvalue weighted by atomic mass is 16.1. The van der Waals surface area contributed by atoms with E-state index in [9.17, 15) is 4.79 Å². The lowest BCUT2D eigenvalue weighted by Crippen LogP contribution is -2.43. The second-order valence-electron chi connectivity index (χ2n) is 3.51. The third-order valence-corrected chi connectivity index (χ3v) is 2.62. The zero-order valence-corrected chi connectivity index (χ0v) is 7.53. The van der Waals surface area contributed by atoms with Crippen molar-refractivity contribution in [3.05, 3.63) is 28.7 Å². The van der Waals surface area contributed by atoms with Gasteiger partial charge in [0.25, 0.3) is 0 Å². The van der Waals surface area contributed by atoms with Crippen molar-refractivity contribution in [2.24, 2.45) is 0 Å². The van der Waals surface area contributed by atoms with Crippen LogP contribution in [0.2, 0.25) is 0 Å². The van der Waals surface area contributed by atoms with Crippen LogP contribution in [0.25, 0.3) is 11.0 Å². The molecule has 14 heavy (non-hydrogen) atoms. The van der Waals surface area contributed by atoms with Crippen molar-refractivity contribution >= 4 is 11.0 Å². The van der Waals surface area contributed by atoms with Crippen LogP contribution in [0.3, 0.4) is 0 Å². The molecule has 0 amide bonds. The highest BCUT2D eigenvalue weighted by Crippen LogP contribution is 2.15. The van der Waals surface area contributed by atoms with Crippen LogP contribution < -0.4 is 10.7 Å². The van der Waals surface area contributed by atoms with Crippen molar-refractivity contribution in [2.75, 3.05) is 13.1 Å². The standard InChI is InChI=1S/C9H10N4O/c14-8-1-2-11-9-7(8)5-12-13(9)6-3-10-4-6/h1-2,5-6,10H,3-4H2,(H,11,14). The summed E-state index contributed by atoms with van der Waals surface area (Å²) in [4.78, 5) is 14.5. The molecule has 0 saturated carbocycles. The molecule has 0 unspecified atom stereocenters. The molecule has 5 heteroatoms. The molecule has 5 nitrogen and oxygen atoms in total. The van der Waals surface area contributed by atoms with Gasteiger partial charge in [-0.05, 0) is 0 Å². The predicted molar refractivity (Wildman–Crippen MR) is 52.3 cm³/mol. The third-order valence-electron chi connectivity index (χ3n) is 2.62. The number of H-pyrrole nitrogens is 1. The van der Waals surface area contributed by atoms with E-state index in [0.717, 1.165) is 18.7 Å². The Morgan fingerprint density at radius 3 is 3.07 bits per heavy atom. The fraction of sp³-hybridized carbons (Fsp3) is 0.333. The van der Waals surface area contributed by atoms with Crippen LogP contribution in [0.1, 0.15) is 6.04 Å². The third kappa shape index (κ3) is 0.927. The first-order chi connectivity index (χ1) is 6.86. The van der Waals surface area contributed by atoms with Gasteiger partial charge in [0.1, 0.15) is 5.65 Å². The highest BCUT2D eigenvalue weighted by molar-refractivity contribution is 5.73. The Hall–Kier alpha value is -1.62. The molecule has 0 bridgehead atoms. The molecule has 0 aliphatic carbocycles. The van der Waals surface area contributed by atoms with E-state index in [2.05, 4.69) is 15.4 Å². The summed E-state index contributed by atoms with van der Waals surface area (Å²) in [6.45, 7) is 1.85. The van der Waals surface area contributed by atoms with E-state index in [4.69, 9.17) is 0 Å². The Bertz CT molecular complexity index is 523. The van der Waals surface area contributed by atoms with Gasteiger partial charge in [-0.15, -0.1) is 0 Å². The van der Waals surface area contributed by atoms with E-state index >= 15 is 0 Å². The summed E-state index contributed by atoms with van der Waals surface area (Å²) in [5.41, 5.74) is 0.848. The van der Waals surface area contributed by atoms with Crippen molar-refractivity contribution in [1.29, 1.82) is 0 Å². The predicted octanol–water partition coefficient (Wildman–Crippen LogP) is -0.131. The van der Waals surface area contributed by atoms with Gasteiger partial charge in [0, 0.05) is 25.4 Å². The number of nitrogens with one attached hydrogen (secondary N) is 2. The molecule has 1 aliphatic heterocycles. The smallest absolute Gasteiger partial charge is 0.192 e. The quantitative estimate of drug-likeness (QED) is 0.658. The monoisotopic (exact) mass is 190 g/mol. The van der Waals surface area contributed by atoms with Gasteiger partial charge in [-0.25, -0.2) is 4.68 Å². The molecule has 0 radical (unpaired) electrons. The number of hydrogen-bond donors (Lipinski definition) is 2. The summed E-state index contributed by atoms with van der Waals surface area (Å²) >= 11 is 0. The van der Waals surface area contributed by atoms with Crippen LogP contribution in [0.4, 0.5) is 0 Å². The van der Waals surface area contributed by atoms with Crippen LogP contribution in [0.15, 0.2) is 23.3 Å². The van der Waals surface area contributed by atoms with E-state index in [1.165, 1.54) is 6.07 Å².